The highest BCUT2D eigenvalue weighted by Crippen LogP contribution is 2.21. The quantitative estimate of drug-likeness (QED) is 0.942. The number of aromatic nitrogens is 2. The third-order valence-corrected chi connectivity index (χ3v) is 3.38. The Labute approximate surface area is 112 Å². The van der Waals surface area contributed by atoms with Crippen molar-refractivity contribution in [3.8, 4) is 0 Å². The van der Waals surface area contributed by atoms with Crippen LogP contribution in [0.2, 0.25) is 0 Å². The predicted octanol–water partition coefficient (Wildman–Crippen LogP) is 3.54. The van der Waals surface area contributed by atoms with Gasteiger partial charge in [-0.25, -0.2) is 4.98 Å². The molecule has 0 saturated heterocycles. The third kappa shape index (κ3) is 2.76. The van der Waals surface area contributed by atoms with E-state index in [0.29, 0.717) is 10.8 Å². The van der Waals surface area contributed by atoms with E-state index >= 15 is 0 Å². The lowest BCUT2D eigenvalue weighted by molar-refractivity contribution is 0.101. The molecule has 0 spiro atoms. The smallest absolute Gasteiger partial charge is 0.274 e. The molecule has 0 aliphatic rings. The van der Waals surface area contributed by atoms with E-state index in [9.17, 15) is 4.79 Å². The second kappa shape index (κ2) is 5.01. The van der Waals surface area contributed by atoms with Gasteiger partial charge in [0, 0.05) is 28.3 Å². The minimum atomic E-state index is -0.139. The topological polar surface area (TPSA) is 46.9 Å². The molecule has 1 amide bonds. The molecule has 0 unspecified atom stereocenters. The molecule has 0 bridgehead atoms. The van der Waals surface area contributed by atoms with Crippen LogP contribution in [-0.2, 0) is 0 Å². The van der Waals surface area contributed by atoms with Crippen LogP contribution in [-0.4, -0.2) is 15.5 Å². The number of anilines is 1. The van der Waals surface area contributed by atoms with Crippen LogP contribution in [0, 0.1) is 0 Å². The van der Waals surface area contributed by atoms with E-state index in [-0.39, 0.29) is 11.9 Å². The normalized spacial score (nSPS) is 10.8. The number of hydrogen-bond acceptors (Lipinski definition) is 3. The first-order valence-electron chi connectivity index (χ1n) is 5.16. The summed E-state index contributed by atoms with van der Waals surface area (Å²) in [4.78, 5) is 16.1. The Kier molecular flexibility index (Phi) is 3.63. The number of thiazole rings is 1. The van der Waals surface area contributed by atoms with E-state index in [4.69, 9.17) is 0 Å². The van der Waals surface area contributed by atoms with E-state index in [1.54, 1.807) is 6.20 Å². The standard InChI is InChI=1S/C11H12BrN3OS/c1-7(2)15-6-8(12)5-9(15)10(16)14-11-13-3-4-17-11/h3-7H,1-2H3,(H,13,14,16). The summed E-state index contributed by atoms with van der Waals surface area (Å²) in [6.07, 6.45) is 3.57. The minimum Gasteiger partial charge on any atom is -0.340 e. The van der Waals surface area contributed by atoms with Crippen LogP contribution >= 0.6 is 27.3 Å². The van der Waals surface area contributed by atoms with Gasteiger partial charge >= 0.3 is 0 Å². The minimum absolute atomic E-state index is 0.139. The summed E-state index contributed by atoms with van der Waals surface area (Å²) in [6, 6.07) is 2.04. The van der Waals surface area contributed by atoms with Crippen LogP contribution < -0.4 is 5.32 Å². The molecule has 0 radical (unpaired) electrons. The molecule has 0 saturated carbocycles. The van der Waals surface area contributed by atoms with Crippen molar-refractivity contribution < 1.29 is 4.79 Å². The second-order valence-corrected chi connectivity index (χ2v) is 5.65. The zero-order chi connectivity index (χ0) is 12.4. The maximum Gasteiger partial charge on any atom is 0.274 e. The molecule has 0 aromatic carbocycles. The Hall–Kier alpha value is -1.14. The maximum atomic E-state index is 12.1. The van der Waals surface area contributed by atoms with Gasteiger partial charge in [0.1, 0.15) is 5.69 Å². The summed E-state index contributed by atoms with van der Waals surface area (Å²) in [7, 11) is 0. The molecule has 1 N–H and O–H groups in total. The van der Waals surface area contributed by atoms with Crippen LogP contribution in [0.25, 0.3) is 0 Å². The zero-order valence-electron chi connectivity index (χ0n) is 9.48. The average Bonchev–Trinajstić information content (AvgIpc) is 2.86. The van der Waals surface area contributed by atoms with Crippen molar-refractivity contribution in [2.45, 2.75) is 19.9 Å². The molecule has 2 aromatic rings. The van der Waals surface area contributed by atoms with Gasteiger partial charge in [-0.2, -0.15) is 0 Å². The highest BCUT2D eigenvalue weighted by atomic mass is 79.9. The fourth-order valence-electron chi connectivity index (χ4n) is 1.50. The number of nitrogens with one attached hydrogen (secondary N) is 1. The molecule has 2 rings (SSSR count). The lowest BCUT2D eigenvalue weighted by Crippen LogP contribution is -2.17. The summed E-state index contributed by atoms with van der Waals surface area (Å²) >= 11 is 4.79. The van der Waals surface area contributed by atoms with Crippen molar-refractivity contribution >= 4 is 38.3 Å². The molecule has 90 valence electrons. The van der Waals surface area contributed by atoms with Gasteiger partial charge in [0.15, 0.2) is 5.13 Å². The van der Waals surface area contributed by atoms with Gasteiger partial charge in [0.25, 0.3) is 5.91 Å². The Morgan fingerprint density at radius 1 is 1.59 bits per heavy atom. The molecular formula is C11H12BrN3OS. The van der Waals surface area contributed by atoms with Crippen molar-refractivity contribution in [1.29, 1.82) is 0 Å². The number of carbonyl (C=O) groups excluding carboxylic acids is 1. The van der Waals surface area contributed by atoms with Gasteiger partial charge in [-0.3, -0.25) is 10.1 Å². The van der Waals surface area contributed by atoms with Crippen LogP contribution in [0.3, 0.4) is 0 Å². The molecule has 0 aliphatic carbocycles. The number of hydrogen-bond donors (Lipinski definition) is 1. The Bertz CT molecular complexity index is 519. The first-order valence-corrected chi connectivity index (χ1v) is 6.83. The van der Waals surface area contributed by atoms with Gasteiger partial charge in [0.05, 0.1) is 0 Å². The lowest BCUT2D eigenvalue weighted by atomic mass is 10.3. The van der Waals surface area contributed by atoms with Gasteiger partial charge in [-0.1, -0.05) is 0 Å². The summed E-state index contributed by atoms with van der Waals surface area (Å²) in [5.41, 5.74) is 0.627. The maximum absolute atomic E-state index is 12.1. The number of halogens is 1. The molecular weight excluding hydrogens is 302 g/mol. The molecule has 0 aliphatic heterocycles. The van der Waals surface area contributed by atoms with Crippen molar-refractivity contribution in [3.63, 3.8) is 0 Å². The molecule has 4 nitrogen and oxygen atoms in total. The lowest BCUT2D eigenvalue weighted by Gasteiger charge is -2.11. The molecule has 2 heterocycles. The van der Waals surface area contributed by atoms with Crippen molar-refractivity contribution in [2.24, 2.45) is 0 Å². The van der Waals surface area contributed by atoms with Crippen LogP contribution in [0.1, 0.15) is 30.4 Å². The van der Waals surface area contributed by atoms with Crippen LogP contribution in [0.5, 0.6) is 0 Å². The summed E-state index contributed by atoms with van der Waals surface area (Å²) in [5, 5.41) is 5.21. The van der Waals surface area contributed by atoms with Gasteiger partial charge in [-0.05, 0) is 35.8 Å². The van der Waals surface area contributed by atoms with Crippen molar-refractivity contribution in [1.82, 2.24) is 9.55 Å². The van der Waals surface area contributed by atoms with E-state index in [1.807, 2.05) is 36.1 Å². The molecule has 0 fully saturated rings. The number of nitrogens with zero attached hydrogens (tertiary/aromatic N) is 2. The number of carbonyl (C=O) groups is 1. The van der Waals surface area contributed by atoms with E-state index in [2.05, 4.69) is 26.2 Å². The van der Waals surface area contributed by atoms with Crippen LogP contribution in [0.15, 0.2) is 28.3 Å². The Balaban J connectivity index is 2.24. The Morgan fingerprint density at radius 3 is 2.94 bits per heavy atom. The molecule has 6 heteroatoms. The van der Waals surface area contributed by atoms with Gasteiger partial charge in [0.2, 0.25) is 0 Å². The van der Waals surface area contributed by atoms with Crippen LogP contribution in [0.4, 0.5) is 5.13 Å². The van der Waals surface area contributed by atoms with E-state index in [0.717, 1.165) is 4.47 Å². The predicted molar refractivity (Wildman–Crippen MR) is 72.6 cm³/mol. The largest absolute Gasteiger partial charge is 0.340 e. The summed E-state index contributed by atoms with van der Waals surface area (Å²) in [6.45, 7) is 4.07. The fraction of sp³-hybridized carbons (Fsp3) is 0.273. The number of amides is 1. The van der Waals surface area contributed by atoms with Crippen molar-refractivity contribution in [2.75, 3.05) is 5.32 Å². The summed E-state index contributed by atoms with van der Waals surface area (Å²) < 4.78 is 2.82. The van der Waals surface area contributed by atoms with E-state index in [1.165, 1.54) is 11.3 Å². The average molecular weight is 314 g/mol. The van der Waals surface area contributed by atoms with Crippen molar-refractivity contribution in [3.05, 3.63) is 34.0 Å². The monoisotopic (exact) mass is 313 g/mol. The first kappa shape index (κ1) is 12.3. The molecule has 2 aromatic heterocycles. The third-order valence-electron chi connectivity index (χ3n) is 2.26. The highest BCUT2D eigenvalue weighted by Gasteiger charge is 2.15. The highest BCUT2D eigenvalue weighted by molar-refractivity contribution is 9.10. The van der Waals surface area contributed by atoms with Gasteiger partial charge in [-0.15, -0.1) is 11.3 Å². The molecule has 17 heavy (non-hydrogen) atoms. The zero-order valence-corrected chi connectivity index (χ0v) is 11.9. The van der Waals surface area contributed by atoms with E-state index < -0.39 is 0 Å². The number of rotatable bonds is 3. The SMILES string of the molecule is CC(C)n1cc(Br)cc1C(=O)Nc1nccs1. The Morgan fingerprint density at radius 2 is 2.35 bits per heavy atom. The summed E-state index contributed by atoms with van der Waals surface area (Å²) in [5.74, 6) is -0.139. The second-order valence-electron chi connectivity index (χ2n) is 3.84. The van der Waals surface area contributed by atoms with Gasteiger partial charge < -0.3 is 4.57 Å². The molecule has 0 atom stereocenters. The fourth-order valence-corrected chi connectivity index (χ4v) is 2.46. The first-order chi connectivity index (χ1) is 8.08.